The summed E-state index contributed by atoms with van der Waals surface area (Å²) in [7, 11) is 0. The molecule has 0 bridgehead atoms. The topological polar surface area (TPSA) is 95.7 Å². The Kier molecular flexibility index (Phi) is 3.65. The van der Waals surface area contributed by atoms with E-state index in [4.69, 9.17) is 5.73 Å². The van der Waals surface area contributed by atoms with Crippen molar-refractivity contribution in [2.75, 3.05) is 26.2 Å². The van der Waals surface area contributed by atoms with Crippen LogP contribution in [0.25, 0.3) is 0 Å². The molecule has 1 unspecified atom stereocenters. The van der Waals surface area contributed by atoms with Crippen LogP contribution < -0.4 is 11.1 Å². The molecule has 0 aliphatic carbocycles. The summed E-state index contributed by atoms with van der Waals surface area (Å²) in [5, 5.41) is 12.0. The van der Waals surface area contributed by atoms with E-state index in [-0.39, 0.29) is 24.9 Å². The standard InChI is InChI=1S/C9H17N3O3/c1-9(15)2-3-12(6-9)8(14)5-11-7(13)4-10/h15H,2-6,10H2,1H3,(H,11,13). The van der Waals surface area contributed by atoms with Crippen LogP contribution in [0, 0.1) is 0 Å². The third kappa shape index (κ3) is 3.49. The van der Waals surface area contributed by atoms with Gasteiger partial charge in [0, 0.05) is 13.1 Å². The fourth-order valence-electron chi connectivity index (χ4n) is 1.52. The summed E-state index contributed by atoms with van der Waals surface area (Å²) in [5.41, 5.74) is 4.28. The van der Waals surface area contributed by atoms with Gasteiger partial charge in [0.25, 0.3) is 0 Å². The van der Waals surface area contributed by atoms with Gasteiger partial charge in [0.05, 0.1) is 18.7 Å². The second-order valence-electron chi connectivity index (χ2n) is 4.04. The van der Waals surface area contributed by atoms with E-state index >= 15 is 0 Å². The first-order valence-electron chi connectivity index (χ1n) is 4.91. The Bertz CT molecular complexity index is 265. The summed E-state index contributed by atoms with van der Waals surface area (Å²) in [6.07, 6.45) is 0.573. The van der Waals surface area contributed by atoms with Crippen LogP contribution in [0.5, 0.6) is 0 Å². The van der Waals surface area contributed by atoms with E-state index in [2.05, 4.69) is 5.32 Å². The summed E-state index contributed by atoms with van der Waals surface area (Å²) >= 11 is 0. The van der Waals surface area contributed by atoms with Gasteiger partial charge in [-0.05, 0) is 13.3 Å². The molecule has 0 aromatic carbocycles. The number of nitrogens with zero attached hydrogens (tertiary/aromatic N) is 1. The number of rotatable bonds is 3. The minimum absolute atomic E-state index is 0.0495. The zero-order valence-electron chi connectivity index (χ0n) is 8.82. The molecular formula is C9H17N3O3. The number of carbonyl (C=O) groups is 2. The molecule has 1 rings (SSSR count). The van der Waals surface area contributed by atoms with Crippen molar-refractivity contribution < 1.29 is 14.7 Å². The Balaban J connectivity index is 2.33. The Morgan fingerprint density at radius 1 is 1.60 bits per heavy atom. The van der Waals surface area contributed by atoms with Crippen molar-refractivity contribution in [3.63, 3.8) is 0 Å². The number of aliphatic hydroxyl groups is 1. The van der Waals surface area contributed by atoms with Crippen LogP contribution in [0.2, 0.25) is 0 Å². The molecule has 6 heteroatoms. The first-order chi connectivity index (χ1) is 6.94. The highest BCUT2D eigenvalue weighted by Crippen LogP contribution is 2.19. The molecule has 15 heavy (non-hydrogen) atoms. The van der Waals surface area contributed by atoms with Gasteiger partial charge < -0.3 is 21.1 Å². The summed E-state index contributed by atoms with van der Waals surface area (Å²) in [5.74, 6) is -0.538. The van der Waals surface area contributed by atoms with Gasteiger partial charge in [-0.15, -0.1) is 0 Å². The van der Waals surface area contributed by atoms with Crippen LogP contribution >= 0.6 is 0 Å². The quantitative estimate of drug-likeness (QED) is 0.509. The highest BCUT2D eigenvalue weighted by Gasteiger charge is 2.33. The third-order valence-corrected chi connectivity index (χ3v) is 2.43. The van der Waals surface area contributed by atoms with Crippen molar-refractivity contribution in [1.29, 1.82) is 0 Å². The number of amides is 2. The number of hydrogen-bond donors (Lipinski definition) is 3. The molecule has 1 atom stereocenters. The fourth-order valence-corrected chi connectivity index (χ4v) is 1.52. The second kappa shape index (κ2) is 4.59. The molecule has 0 spiro atoms. The van der Waals surface area contributed by atoms with Crippen molar-refractivity contribution in [3.8, 4) is 0 Å². The van der Waals surface area contributed by atoms with Gasteiger partial charge in [0.2, 0.25) is 11.8 Å². The van der Waals surface area contributed by atoms with Gasteiger partial charge in [0.1, 0.15) is 0 Å². The average molecular weight is 215 g/mol. The summed E-state index contributed by atoms with van der Waals surface area (Å²) < 4.78 is 0. The van der Waals surface area contributed by atoms with Crippen LogP contribution in [0.15, 0.2) is 0 Å². The number of nitrogens with two attached hydrogens (primary N) is 1. The number of nitrogens with one attached hydrogen (secondary N) is 1. The van der Waals surface area contributed by atoms with Gasteiger partial charge in [-0.3, -0.25) is 9.59 Å². The maximum Gasteiger partial charge on any atom is 0.242 e. The third-order valence-electron chi connectivity index (χ3n) is 2.43. The number of hydrogen-bond acceptors (Lipinski definition) is 4. The molecule has 1 aliphatic heterocycles. The molecule has 1 aliphatic rings. The Hall–Kier alpha value is -1.14. The summed E-state index contributed by atoms with van der Waals surface area (Å²) in [6, 6.07) is 0. The lowest BCUT2D eigenvalue weighted by Gasteiger charge is -2.19. The van der Waals surface area contributed by atoms with Crippen molar-refractivity contribution >= 4 is 11.8 Å². The second-order valence-corrected chi connectivity index (χ2v) is 4.04. The molecule has 1 saturated heterocycles. The predicted octanol–water partition coefficient (Wildman–Crippen LogP) is -1.96. The monoisotopic (exact) mass is 215 g/mol. The predicted molar refractivity (Wildman–Crippen MR) is 53.9 cm³/mol. The SMILES string of the molecule is CC1(O)CCN(C(=O)CNC(=O)CN)C1. The zero-order valence-corrected chi connectivity index (χ0v) is 8.82. The highest BCUT2D eigenvalue weighted by molar-refractivity contribution is 5.85. The van der Waals surface area contributed by atoms with Crippen LogP contribution in [0.1, 0.15) is 13.3 Å². The van der Waals surface area contributed by atoms with E-state index in [0.717, 1.165) is 0 Å². The first-order valence-corrected chi connectivity index (χ1v) is 4.91. The Labute approximate surface area is 88.4 Å². The molecule has 0 saturated carbocycles. The van der Waals surface area contributed by atoms with Crippen LogP contribution in [0.3, 0.4) is 0 Å². The number of β-amino-alcohol motifs (C(OH)–C–C–N with tert-alkyl or cyclic N) is 1. The molecule has 6 nitrogen and oxygen atoms in total. The van der Waals surface area contributed by atoms with Gasteiger partial charge in [-0.2, -0.15) is 0 Å². The lowest BCUT2D eigenvalue weighted by Crippen LogP contribution is -2.42. The Morgan fingerprint density at radius 2 is 2.27 bits per heavy atom. The van der Waals surface area contributed by atoms with Gasteiger partial charge in [-0.1, -0.05) is 0 Å². The average Bonchev–Trinajstić information content (AvgIpc) is 2.54. The van der Waals surface area contributed by atoms with E-state index in [0.29, 0.717) is 19.5 Å². The zero-order chi connectivity index (χ0) is 11.5. The number of likely N-dealkylation sites (tertiary alicyclic amines) is 1. The largest absolute Gasteiger partial charge is 0.388 e. The lowest BCUT2D eigenvalue weighted by atomic mass is 10.1. The first kappa shape index (κ1) is 11.9. The van der Waals surface area contributed by atoms with Gasteiger partial charge in [-0.25, -0.2) is 0 Å². The van der Waals surface area contributed by atoms with Gasteiger partial charge >= 0.3 is 0 Å². The molecule has 1 heterocycles. The fraction of sp³-hybridized carbons (Fsp3) is 0.778. The number of carbonyl (C=O) groups excluding carboxylic acids is 2. The molecule has 0 aromatic heterocycles. The Morgan fingerprint density at radius 3 is 2.73 bits per heavy atom. The minimum atomic E-state index is -0.798. The van der Waals surface area contributed by atoms with E-state index in [1.165, 1.54) is 4.90 Å². The van der Waals surface area contributed by atoms with Crippen LogP contribution in [0.4, 0.5) is 0 Å². The van der Waals surface area contributed by atoms with Crippen LogP contribution in [-0.4, -0.2) is 53.6 Å². The van der Waals surface area contributed by atoms with Gasteiger partial charge in [0.15, 0.2) is 0 Å². The smallest absolute Gasteiger partial charge is 0.242 e. The summed E-state index contributed by atoms with van der Waals surface area (Å²) in [4.78, 5) is 23.9. The molecule has 2 amide bonds. The molecule has 4 N–H and O–H groups in total. The van der Waals surface area contributed by atoms with Crippen molar-refractivity contribution in [3.05, 3.63) is 0 Å². The van der Waals surface area contributed by atoms with Crippen molar-refractivity contribution in [2.24, 2.45) is 5.73 Å². The maximum atomic E-state index is 11.5. The maximum absolute atomic E-state index is 11.5. The van der Waals surface area contributed by atoms with Crippen LogP contribution in [-0.2, 0) is 9.59 Å². The summed E-state index contributed by atoms with van der Waals surface area (Å²) in [6.45, 7) is 2.38. The minimum Gasteiger partial charge on any atom is -0.388 e. The molecule has 1 fully saturated rings. The molecule has 86 valence electrons. The van der Waals surface area contributed by atoms with E-state index in [1.54, 1.807) is 6.92 Å². The molecular weight excluding hydrogens is 198 g/mol. The highest BCUT2D eigenvalue weighted by atomic mass is 16.3. The van der Waals surface area contributed by atoms with E-state index in [1.807, 2.05) is 0 Å². The normalized spacial score (nSPS) is 25.4. The van der Waals surface area contributed by atoms with Crippen molar-refractivity contribution in [2.45, 2.75) is 18.9 Å². The van der Waals surface area contributed by atoms with Crippen molar-refractivity contribution in [1.82, 2.24) is 10.2 Å². The molecule has 0 radical (unpaired) electrons. The van der Waals surface area contributed by atoms with E-state index < -0.39 is 5.60 Å². The molecule has 0 aromatic rings. The lowest BCUT2D eigenvalue weighted by molar-refractivity contribution is -0.132. The van der Waals surface area contributed by atoms with E-state index in [9.17, 15) is 14.7 Å².